The minimum Gasteiger partial charge on any atom is -0.353 e. The van der Waals surface area contributed by atoms with Crippen LogP contribution in [0.4, 0.5) is 0 Å². The molecular weight excluding hydrogens is 325 g/mol. The first-order valence-electron chi connectivity index (χ1n) is 6.93. The van der Waals surface area contributed by atoms with Crippen LogP contribution in [-0.2, 0) is 4.79 Å². The van der Waals surface area contributed by atoms with E-state index in [1.807, 2.05) is 25.9 Å². The van der Waals surface area contributed by atoms with Crippen LogP contribution in [0, 0.1) is 0 Å². The van der Waals surface area contributed by atoms with Crippen molar-refractivity contribution in [1.82, 2.24) is 15.5 Å². The number of hydrogen-bond donors (Lipinski definition) is 2. The molecule has 0 spiro atoms. The summed E-state index contributed by atoms with van der Waals surface area (Å²) in [7, 11) is 3.87. The van der Waals surface area contributed by atoms with E-state index in [1.54, 1.807) is 25.1 Å². The van der Waals surface area contributed by atoms with Crippen LogP contribution in [0.2, 0.25) is 10.0 Å². The molecule has 0 aliphatic rings. The molecule has 22 heavy (non-hydrogen) atoms. The Hall–Kier alpha value is -1.30. The van der Waals surface area contributed by atoms with Gasteiger partial charge in [0.1, 0.15) is 6.04 Å². The minimum absolute atomic E-state index is 0.176. The SMILES string of the molecule is C[C@H](NC(=O)c1cccc(Cl)c1Cl)C(=O)NC[C@H](C)N(C)C. The van der Waals surface area contributed by atoms with Crippen molar-refractivity contribution in [2.24, 2.45) is 0 Å². The van der Waals surface area contributed by atoms with Crippen molar-refractivity contribution in [1.29, 1.82) is 0 Å². The van der Waals surface area contributed by atoms with Gasteiger partial charge in [0.25, 0.3) is 5.91 Å². The highest BCUT2D eigenvalue weighted by Gasteiger charge is 2.19. The lowest BCUT2D eigenvalue weighted by Gasteiger charge is -2.21. The summed E-state index contributed by atoms with van der Waals surface area (Å²) in [6.07, 6.45) is 0. The fraction of sp³-hybridized carbons (Fsp3) is 0.467. The Bertz CT molecular complexity index is 550. The van der Waals surface area contributed by atoms with Crippen LogP contribution in [0.5, 0.6) is 0 Å². The number of rotatable bonds is 6. The first-order chi connectivity index (χ1) is 10.2. The van der Waals surface area contributed by atoms with Crippen molar-refractivity contribution in [3.8, 4) is 0 Å². The van der Waals surface area contributed by atoms with E-state index in [4.69, 9.17) is 23.2 Å². The zero-order valence-electron chi connectivity index (χ0n) is 13.1. The number of benzene rings is 1. The van der Waals surface area contributed by atoms with Gasteiger partial charge in [0.15, 0.2) is 0 Å². The Morgan fingerprint density at radius 3 is 2.45 bits per heavy atom. The summed E-state index contributed by atoms with van der Waals surface area (Å²) in [6, 6.07) is 4.32. The molecule has 5 nitrogen and oxygen atoms in total. The molecule has 1 aromatic rings. The molecule has 0 radical (unpaired) electrons. The average Bonchev–Trinajstić information content (AvgIpc) is 2.46. The molecule has 0 unspecified atom stereocenters. The summed E-state index contributed by atoms with van der Waals surface area (Å²) in [5.41, 5.74) is 0.246. The predicted octanol–water partition coefficient (Wildman–Crippen LogP) is 2.18. The summed E-state index contributed by atoms with van der Waals surface area (Å²) in [4.78, 5) is 26.1. The van der Waals surface area contributed by atoms with E-state index >= 15 is 0 Å². The largest absolute Gasteiger partial charge is 0.353 e. The van der Waals surface area contributed by atoms with E-state index in [9.17, 15) is 9.59 Å². The smallest absolute Gasteiger partial charge is 0.253 e. The number of amides is 2. The van der Waals surface area contributed by atoms with E-state index in [0.717, 1.165) is 0 Å². The van der Waals surface area contributed by atoms with Crippen LogP contribution < -0.4 is 10.6 Å². The number of hydrogen-bond acceptors (Lipinski definition) is 3. The van der Waals surface area contributed by atoms with Crippen molar-refractivity contribution in [2.45, 2.75) is 25.9 Å². The molecule has 0 saturated carbocycles. The zero-order chi connectivity index (χ0) is 16.9. The van der Waals surface area contributed by atoms with Gasteiger partial charge in [0, 0.05) is 12.6 Å². The number of carbonyl (C=O) groups is 2. The Morgan fingerprint density at radius 1 is 1.23 bits per heavy atom. The van der Waals surface area contributed by atoms with Crippen LogP contribution in [0.1, 0.15) is 24.2 Å². The zero-order valence-corrected chi connectivity index (χ0v) is 14.6. The van der Waals surface area contributed by atoms with Crippen molar-refractivity contribution < 1.29 is 9.59 Å². The maximum atomic E-state index is 12.1. The first-order valence-corrected chi connectivity index (χ1v) is 7.68. The first kappa shape index (κ1) is 18.7. The average molecular weight is 346 g/mol. The quantitative estimate of drug-likeness (QED) is 0.830. The number of likely N-dealkylation sites (N-methyl/N-ethyl adjacent to an activating group) is 1. The molecule has 0 aliphatic heterocycles. The molecule has 0 saturated heterocycles. The molecule has 0 aromatic heterocycles. The molecule has 0 heterocycles. The molecule has 2 atom stereocenters. The van der Waals surface area contributed by atoms with Gasteiger partial charge in [-0.15, -0.1) is 0 Å². The lowest BCUT2D eigenvalue weighted by atomic mass is 10.2. The standard InChI is InChI=1S/C15H21Cl2N3O2/c1-9(20(3)4)8-18-14(21)10(2)19-15(22)11-6-5-7-12(16)13(11)17/h5-7,9-10H,8H2,1-4H3,(H,18,21)(H,19,22)/t9-,10-/m0/s1. The van der Waals surface area contributed by atoms with Gasteiger partial charge in [-0.3, -0.25) is 9.59 Å². The number of nitrogens with zero attached hydrogens (tertiary/aromatic N) is 1. The summed E-state index contributed by atoms with van der Waals surface area (Å²) in [6.45, 7) is 4.12. The molecule has 0 bridgehead atoms. The van der Waals surface area contributed by atoms with Gasteiger partial charge in [-0.05, 0) is 40.1 Å². The molecular formula is C15H21Cl2N3O2. The monoisotopic (exact) mass is 345 g/mol. The van der Waals surface area contributed by atoms with Gasteiger partial charge in [-0.1, -0.05) is 29.3 Å². The Kier molecular flexibility index (Phi) is 7.13. The fourth-order valence-corrected chi connectivity index (χ4v) is 1.99. The molecule has 7 heteroatoms. The molecule has 122 valence electrons. The second-order valence-electron chi connectivity index (χ2n) is 5.35. The highest BCUT2D eigenvalue weighted by molar-refractivity contribution is 6.43. The Balaban J connectivity index is 2.60. The summed E-state index contributed by atoms with van der Waals surface area (Å²) in [5, 5.41) is 5.88. The van der Waals surface area contributed by atoms with E-state index in [1.165, 1.54) is 0 Å². The molecule has 2 N–H and O–H groups in total. The highest BCUT2D eigenvalue weighted by atomic mass is 35.5. The summed E-state index contributed by atoms with van der Waals surface area (Å²) in [5.74, 6) is -0.684. The van der Waals surface area contributed by atoms with Crippen molar-refractivity contribution in [2.75, 3.05) is 20.6 Å². The maximum Gasteiger partial charge on any atom is 0.253 e. The number of nitrogens with one attached hydrogen (secondary N) is 2. The van der Waals surface area contributed by atoms with E-state index < -0.39 is 11.9 Å². The third-order valence-electron chi connectivity index (χ3n) is 3.39. The van der Waals surface area contributed by atoms with Gasteiger partial charge in [0.2, 0.25) is 5.91 Å². The van der Waals surface area contributed by atoms with Crippen LogP contribution >= 0.6 is 23.2 Å². The Morgan fingerprint density at radius 2 is 1.86 bits per heavy atom. The van der Waals surface area contributed by atoms with Crippen molar-refractivity contribution in [3.05, 3.63) is 33.8 Å². The summed E-state index contributed by atoms with van der Waals surface area (Å²) >= 11 is 11.9. The van der Waals surface area contributed by atoms with Crippen LogP contribution in [-0.4, -0.2) is 49.4 Å². The normalized spacial score (nSPS) is 13.6. The van der Waals surface area contributed by atoms with E-state index in [2.05, 4.69) is 10.6 Å². The maximum absolute atomic E-state index is 12.1. The van der Waals surface area contributed by atoms with Crippen LogP contribution in [0.25, 0.3) is 0 Å². The van der Waals surface area contributed by atoms with Gasteiger partial charge in [-0.2, -0.15) is 0 Å². The van der Waals surface area contributed by atoms with Crippen LogP contribution in [0.3, 0.4) is 0 Å². The number of carbonyl (C=O) groups excluding carboxylic acids is 2. The van der Waals surface area contributed by atoms with Crippen molar-refractivity contribution in [3.63, 3.8) is 0 Å². The lowest BCUT2D eigenvalue weighted by molar-refractivity contribution is -0.122. The number of halogens is 2. The molecule has 0 fully saturated rings. The molecule has 2 amide bonds. The van der Waals surface area contributed by atoms with E-state index in [0.29, 0.717) is 11.6 Å². The van der Waals surface area contributed by atoms with E-state index in [-0.39, 0.29) is 22.5 Å². The lowest BCUT2D eigenvalue weighted by Crippen LogP contribution is -2.48. The molecule has 1 rings (SSSR count). The van der Waals surface area contributed by atoms with Gasteiger partial charge < -0.3 is 15.5 Å². The third kappa shape index (κ3) is 5.16. The summed E-state index contributed by atoms with van der Waals surface area (Å²) < 4.78 is 0. The second kappa shape index (κ2) is 8.36. The van der Waals surface area contributed by atoms with Gasteiger partial charge in [-0.25, -0.2) is 0 Å². The Labute approximate surface area is 141 Å². The highest BCUT2D eigenvalue weighted by Crippen LogP contribution is 2.25. The third-order valence-corrected chi connectivity index (χ3v) is 4.21. The van der Waals surface area contributed by atoms with Crippen LogP contribution in [0.15, 0.2) is 18.2 Å². The predicted molar refractivity (Wildman–Crippen MR) is 89.5 cm³/mol. The van der Waals surface area contributed by atoms with Crippen molar-refractivity contribution >= 4 is 35.0 Å². The van der Waals surface area contributed by atoms with Gasteiger partial charge >= 0.3 is 0 Å². The fourth-order valence-electron chi connectivity index (χ4n) is 1.60. The topological polar surface area (TPSA) is 61.4 Å². The molecule has 0 aliphatic carbocycles. The molecule has 1 aromatic carbocycles. The van der Waals surface area contributed by atoms with Gasteiger partial charge in [0.05, 0.1) is 15.6 Å². The minimum atomic E-state index is -0.670. The second-order valence-corrected chi connectivity index (χ2v) is 6.14.